The minimum absolute atomic E-state index is 0.0419. The summed E-state index contributed by atoms with van der Waals surface area (Å²) in [6.07, 6.45) is 7.48. The van der Waals surface area contributed by atoms with Crippen LogP contribution in [0.15, 0.2) is 186 Å². The number of methoxy groups -OCH3 is 1. The van der Waals surface area contributed by atoms with Crippen molar-refractivity contribution in [3.63, 3.8) is 0 Å². The van der Waals surface area contributed by atoms with Gasteiger partial charge in [0.2, 0.25) is 5.82 Å². The lowest BCUT2D eigenvalue weighted by molar-refractivity contribution is 0.200. The second kappa shape index (κ2) is 49.3. The predicted molar refractivity (Wildman–Crippen MR) is 424 cm³/mol. The monoisotopic (exact) mass is 1720 g/mol. The summed E-state index contributed by atoms with van der Waals surface area (Å²) < 4.78 is 262. The number of halogens is 6. The molecule has 5 aromatic carbocycles. The number of sulfone groups is 5. The number of aryl methyl sites for hydroxylation is 1. The third-order valence-electron chi connectivity index (χ3n) is 14.5. The second-order valence-corrected chi connectivity index (χ2v) is 48.3. The summed E-state index contributed by atoms with van der Waals surface area (Å²) in [4.78, 5) is -0.807. The lowest BCUT2D eigenvalue weighted by Crippen LogP contribution is -2.37. The first-order valence-electron chi connectivity index (χ1n) is 34.9. The Morgan fingerprint density at radius 3 is 0.743 bits per heavy atom. The van der Waals surface area contributed by atoms with E-state index in [9.17, 15) is 68.4 Å². The SMILES string of the molecule is CCO[Si](C)(/C=C/CS(=O)(=O)c1c(F)c(F)c(F)c(F)c1F)OCC.CCO[Si](C)(/C=C/CS(=O)(=O)c1ccc(C)cc1)OCC.CCO[Si](C)(/C=C/CS(=O)(=O)c1ccc(F)cc1)OCC.CCO[Si](C)(/C=C/CS(=O)(=O)c1ccc(OC)cc1)OCC.CCO[Si](C)(/C=C/CS(=O)(=O)c1ccccc1)OCC. The highest BCUT2D eigenvalue weighted by Crippen LogP contribution is 2.29. The van der Waals surface area contributed by atoms with E-state index in [0.29, 0.717) is 68.4 Å². The number of hydrogen-bond donors (Lipinski definition) is 0. The lowest BCUT2D eigenvalue weighted by atomic mass is 10.2. The van der Waals surface area contributed by atoms with Crippen molar-refractivity contribution >= 4 is 92.0 Å². The van der Waals surface area contributed by atoms with Crippen LogP contribution in [0.5, 0.6) is 5.75 Å². The fraction of sp³-hybridized carbons (Fsp3) is 0.444. The second-order valence-electron chi connectivity index (χ2n) is 23.5. The zero-order valence-electron chi connectivity index (χ0n) is 65.1. The molecule has 0 heterocycles. The highest BCUT2D eigenvalue weighted by molar-refractivity contribution is 7.92. The van der Waals surface area contributed by atoms with Gasteiger partial charge in [0.15, 0.2) is 72.5 Å². The lowest BCUT2D eigenvalue weighted by Gasteiger charge is -2.22. The Kier molecular flexibility index (Phi) is 46.0. The first-order valence-corrected chi connectivity index (χ1v) is 55.1. The van der Waals surface area contributed by atoms with Gasteiger partial charge in [-0.2, -0.15) is 0 Å². The van der Waals surface area contributed by atoms with Gasteiger partial charge in [0, 0.05) is 66.1 Å². The average molecular weight is 1720 g/mol. The summed E-state index contributed by atoms with van der Waals surface area (Å²) in [5.74, 6) is -13.0. The van der Waals surface area contributed by atoms with Crippen LogP contribution < -0.4 is 4.74 Å². The van der Waals surface area contributed by atoms with Crippen molar-refractivity contribution < 1.29 is 117 Å². The summed E-state index contributed by atoms with van der Waals surface area (Å²) in [6.45, 7) is 34.6. The molecular formula is C72H108F6O21S5Si5. The largest absolute Gasteiger partial charge is 0.497 e. The van der Waals surface area contributed by atoms with Crippen LogP contribution in [0, 0.1) is 41.8 Å². The highest BCUT2D eigenvalue weighted by Gasteiger charge is 2.35. The van der Waals surface area contributed by atoms with Gasteiger partial charge in [-0.3, -0.25) is 0 Å². The molecule has 21 nitrogen and oxygen atoms in total. The minimum atomic E-state index is -4.81. The van der Waals surface area contributed by atoms with Crippen molar-refractivity contribution in [1.82, 2.24) is 0 Å². The van der Waals surface area contributed by atoms with E-state index >= 15 is 0 Å². The zero-order chi connectivity index (χ0) is 83.0. The quantitative estimate of drug-likeness (QED) is 0.0116. The van der Waals surface area contributed by atoms with Crippen molar-refractivity contribution in [2.45, 2.75) is 133 Å². The Morgan fingerprint density at radius 2 is 0.505 bits per heavy atom. The van der Waals surface area contributed by atoms with E-state index in [1.807, 2.05) is 88.5 Å². The van der Waals surface area contributed by atoms with Crippen LogP contribution in [0.4, 0.5) is 26.3 Å². The summed E-state index contributed by atoms with van der Waals surface area (Å²) in [6, 6.07) is 26.5. The summed E-state index contributed by atoms with van der Waals surface area (Å²) in [5.41, 5.74) is 9.45. The van der Waals surface area contributed by atoms with Gasteiger partial charge < -0.3 is 49.0 Å². The van der Waals surface area contributed by atoms with E-state index in [2.05, 4.69) is 0 Å². The van der Waals surface area contributed by atoms with Crippen LogP contribution in [-0.4, -0.2) is 187 Å². The molecule has 5 aromatic rings. The van der Waals surface area contributed by atoms with E-state index in [4.69, 9.17) is 49.0 Å². The minimum Gasteiger partial charge on any atom is -0.497 e. The van der Waals surface area contributed by atoms with Gasteiger partial charge in [0.25, 0.3) is 0 Å². The van der Waals surface area contributed by atoms with Gasteiger partial charge in [-0.15, -0.1) is 0 Å². The molecule has 0 saturated heterocycles. The number of ether oxygens (including phenoxy) is 1. The van der Waals surface area contributed by atoms with Gasteiger partial charge in [-0.05, 0) is 210 Å². The molecule has 0 radical (unpaired) electrons. The summed E-state index contributed by atoms with van der Waals surface area (Å²) in [5, 5.41) is 0. The third kappa shape index (κ3) is 36.5. The maximum Gasteiger partial charge on any atom is 0.361 e. The molecule has 614 valence electrons. The number of hydrogen-bond acceptors (Lipinski definition) is 21. The smallest absolute Gasteiger partial charge is 0.361 e. The molecular weight excluding hydrogens is 1620 g/mol. The Labute approximate surface area is 648 Å². The first-order chi connectivity index (χ1) is 51.0. The van der Waals surface area contributed by atoms with E-state index in [1.165, 1.54) is 17.8 Å². The van der Waals surface area contributed by atoms with Crippen molar-refractivity contribution in [3.05, 3.63) is 202 Å². The topological polar surface area (TPSA) is 272 Å². The molecule has 0 atom stereocenters. The van der Waals surface area contributed by atoms with Crippen molar-refractivity contribution in [3.8, 4) is 5.75 Å². The van der Waals surface area contributed by atoms with Crippen LogP contribution in [0.1, 0.15) is 74.8 Å². The summed E-state index contributed by atoms with van der Waals surface area (Å²) in [7, 11) is -29.2. The molecule has 109 heavy (non-hydrogen) atoms. The first kappa shape index (κ1) is 102. The Bertz CT molecular complexity index is 4120. The van der Waals surface area contributed by atoms with Crippen LogP contribution in [0.2, 0.25) is 32.7 Å². The van der Waals surface area contributed by atoms with Gasteiger partial charge in [0.1, 0.15) is 16.5 Å². The fourth-order valence-corrected chi connectivity index (χ4v) is 26.0. The predicted octanol–water partition coefficient (Wildman–Crippen LogP) is 14.7. The van der Waals surface area contributed by atoms with E-state index < -0.39 is 138 Å². The molecule has 37 heteroatoms. The van der Waals surface area contributed by atoms with Gasteiger partial charge in [0.05, 0.1) is 55.5 Å². The molecule has 0 saturated carbocycles. The van der Waals surface area contributed by atoms with Crippen LogP contribution in [0.3, 0.4) is 0 Å². The van der Waals surface area contributed by atoms with Crippen molar-refractivity contribution in [1.29, 1.82) is 0 Å². The Balaban J connectivity index is 0.000000683. The number of rotatable bonds is 41. The maximum atomic E-state index is 13.6. The van der Waals surface area contributed by atoms with Crippen molar-refractivity contribution in [2.24, 2.45) is 0 Å². The van der Waals surface area contributed by atoms with E-state index in [0.717, 1.165) is 23.8 Å². The van der Waals surface area contributed by atoms with E-state index in [1.54, 1.807) is 153 Å². The fourth-order valence-electron chi connectivity index (χ4n) is 9.62. The third-order valence-corrected chi connectivity index (χ3v) is 35.5. The molecule has 0 spiro atoms. The van der Waals surface area contributed by atoms with Crippen LogP contribution in [-0.2, 0) is 93.4 Å². The Hall–Kier alpha value is -5.39. The molecule has 0 N–H and O–H groups in total. The average Bonchev–Trinajstić information content (AvgIpc) is 0.767. The van der Waals surface area contributed by atoms with Crippen LogP contribution in [0.25, 0.3) is 0 Å². The zero-order valence-corrected chi connectivity index (χ0v) is 74.2. The Morgan fingerprint density at radius 1 is 0.294 bits per heavy atom. The van der Waals surface area contributed by atoms with Gasteiger partial charge in [-0.25, -0.2) is 68.4 Å². The van der Waals surface area contributed by atoms with Crippen LogP contribution >= 0.6 is 0 Å². The van der Waals surface area contributed by atoms with E-state index in [-0.39, 0.29) is 46.0 Å². The number of benzene rings is 5. The molecule has 0 fully saturated rings. The molecule has 0 aliphatic rings. The molecule has 0 aliphatic carbocycles. The normalized spacial score (nSPS) is 12.9. The standard InChI is InChI=1S/C15H24O5SSi.C15H24O4SSi.C14H17F5O4SSi.C14H21FO4SSi.C14H22O4SSi/c1-5-19-22(4,20-6-2)13-7-12-21(16,17)15-10-8-14(18-3)9-11-15;1-5-18-21(4,19-6-2)13-7-12-20(16,17)15-10-8-14(3)9-11-15;1-4-22-25(3,23-5-2)8-6-7-24(20,21)14-12(18)10(16)9(15)11(17)13(14)19;1-4-18-21(3,19-5-2)12-6-11-20(16,17)14-9-7-13(15)8-10-14;1-4-17-20(3,18-5-2)13-9-12-19(15,16)14-10-7-6-8-11-14/h7-11,13H,5-6,12H2,1-4H3;7-11,13H,5-6,12H2,1-4H3;6,8H,4-5,7H2,1-3H3;6-10,12H,4-5,11H2,1-3H3;6-11,13H,4-5,12H2,1-3H3/b2*13-7+;8-6+;12-6+;13-9+. The molecule has 5 rings (SSSR count). The van der Waals surface area contributed by atoms with Gasteiger partial charge in [-0.1, -0.05) is 66.3 Å². The molecule has 0 bridgehead atoms. The molecule has 0 unspecified atom stereocenters. The van der Waals surface area contributed by atoms with Crippen molar-refractivity contribution in [2.75, 3.05) is 102 Å². The molecule has 0 aromatic heterocycles. The molecule has 0 aliphatic heterocycles. The van der Waals surface area contributed by atoms with Gasteiger partial charge >= 0.3 is 42.8 Å². The molecule has 0 amide bonds. The maximum absolute atomic E-state index is 13.6. The highest BCUT2D eigenvalue weighted by atomic mass is 32.2. The summed E-state index contributed by atoms with van der Waals surface area (Å²) >= 11 is 0.